The average Bonchev–Trinajstić information content (AvgIpc) is 2.07. The van der Waals surface area contributed by atoms with Crippen LogP contribution in [0.3, 0.4) is 0 Å². The van der Waals surface area contributed by atoms with Gasteiger partial charge in [0.1, 0.15) is 6.07 Å². The predicted octanol–water partition coefficient (Wildman–Crippen LogP) is 1.81. The maximum absolute atomic E-state index is 10.7. The van der Waals surface area contributed by atoms with Crippen LogP contribution in [0.2, 0.25) is 0 Å². The summed E-state index contributed by atoms with van der Waals surface area (Å²) in [6.07, 6.45) is 0. The monoisotopic (exact) mass is 192 g/mol. The Hall–Kier alpha value is -1.47. The van der Waals surface area contributed by atoms with Crippen molar-refractivity contribution in [1.82, 2.24) is 0 Å². The molecule has 1 amide bonds. The van der Waals surface area contributed by atoms with Crippen LogP contribution in [0.1, 0.15) is 12.5 Å². The van der Waals surface area contributed by atoms with Gasteiger partial charge in [0.05, 0.1) is 5.56 Å². The Morgan fingerprint density at radius 3 is 2.85 bits per heavy atom. The van der Waals surface area contributed by atoms with Crippen molar-refractivity contribution in [3.05, 3.63) is 23.8 Å². The van der Waals surface area contributed by atoms with Gasteiger partial charge in [-0.05, 0) is 18.2 Å². The molecular formula is C9H8N2OS. The van der Waals surface area contributed by atoms with Gasteiger partial charge in [0, 0.05) is 17.5 Å². The second-order valence-electron chi connectivity index (χ2n) is 2.52. The number of hydrogen-bond donors (Lipinski definition) is 2. The quantitative estimate of drug-likeness (QED) is 0.667. The number of rotatable bonds is 1. The summed E-state index contributed by atoms with van der Waals surface area (Å²) < 4.78 is 0. The zero-order valence-electron chi connectivity index (χ0n) is 7.03. The van der Waals surface area contributed by atoms with Gasteiger partial charge in [-0.25, -0.2) is 0 Å². The summed E-state index contributed by atoms with van der Waals surface area (Å²) in [6.45, 7) is 1.42. The number of carbonyl (C=O) groups excluding carboxylic acids is 1. The molecule has 0 bridgehead atoms. The third-order valence-electron chi connectivity index (χ3n) is 1.44. The fraction of sp³-hybridized carbons (Fsp3) is 0.111. The summed E-state index contributed by atoms with van der Waals surface area (Å²) in [7, 11) is 0. The highest BCUT2D eigenvalue weighted by molar-refractivity contribution is 7.80. The number of nitriles is 1. The highest BCUT2D eigenvalue weighted by Gasteiger charge is 2.00. The third kappa shape index (κ3) is 2.49. The number of nitrogens with zero attached hydrogens (tertiary/aromatic N) is 1. The Balaban J connectivity index is 3.01. The zero-order valence-corrected chi connectivity index (χ0v) is 7.93. The van der Waals surface area contributed by atoms with E-state index in [-0.39, 0.29) is 5.91 Å². The molecule has 0 unspecified atom stereocenters. The standard InChI is InChI=1S/C9H8N2OS/c1-6(12)11-8-2-3-9(13)7(4-8)5-10/h2-4,13H,1H3,(H,11,12). The van der Waals surface area contributed by atoms with E-state index >= 15 is 0 Å². The molecule has 0 heterocycles. The van der Waals surface area contributed by atoms with Gasteiger partial charge in [-0.1, -0.05) is 0 Å². The van der Waals surface area contributed by atoms with Crippen LogP contribution in [0.4, 0.5) is 5.69 Å². The van der Waals surface area contributed by atoms with Crippen molar-refractivity contribution in [3.63, 3.8) is 0 Å². The molecule has 13 heavy (non-hydrogen) atoms. The number of anilines is 1. The predicted molar refractivity (Wildman–Crippen MR) is 52.7 cm³/mol. The molecule has 0 aliphatic heterocycles. The van der Waals surface area contributed by atoms with Gasteiger partial charge in [-0.15, -0.1) is 12.6 Å². The van der Waals surface area contributed by atoms with E-state index in [1.807, 2.05) is 6.07 Å². The maximum Gasteiger partial charge on any atom is 0.221 e. The van der Waals surface area contributed by atoms with Gasteiger partial charge in [0.25, 0.3) is 0 Å². The lowest BCUT2D eigenvalue weighted by molar-refractivity contribution is -0.114. The molecule has 1 aromatic carbocycles. The van der Waals surface area contributed by atoms with Crippen LogP contribution < -0.4 is 5.32 Å². The Labute approximate surface area is 81.8 Å². The van der Waals surface area contributed by atoms with E-state index in [4.69, 9.17) is 5.26 Å². The van der Waals surface area contributed by atoms with Gasteiger partial charge in [-0.2, -0.15) is 5.26 Å². The molecule has 0 aromatic heterocycles. The average molecular weight is 192 g/mol. The van der Waals surface area contributed by atoms with Crippen molar-refractivity contribution in [1.29, 1.82) is 5.26 Å². The van der Waals surface area contributed by atoms with Crippen LogP contribution in [0.25, 0.3) is 0 Å². The van der Waals surface area contributed by atoms with Crippen LogP contribution in [0, 0.1) is 11.3 Å². The number of benzene rings is 1. The Morgan fingerprint density at radius 1 is 1.62 bits per heavy atom. The number of nitrogens with one attached hydrogen (secondary N) is 1. The van der Waals surface area contributed by atoms with Crippen molar-refractivity contribution in [3.8, 4) is 6.07 Å². The first-order valence-electron chi connectivity index (χ1n) is 3.64. The van der Waals surface area contributed by atoms with E-state index in [0.29, 0.717) is 16.1 Å². The Kier molecular flexibility index (Phi) is 2.93. The fourth-order valence-corrected chi connectivity index (χ4v) is 1.10. The summed E-state index contributed by atoms with van der Waals surface area (Å²) >= 11 is 4.08. The summed E-state index contributed by atoms with van der Waals surface area (Å²) in [5.74, 6) is -0.157. The molecule has 0 aliphatic carbocycles. The molecule has 0 spiro atoms. The molecule has 1 N–H and O–H groups in total. The van der Waals surface area contributed by atoms with Crippen molar-refractivity contribution in [2.75, 3.05) is 5.32 Å². The summed E-state index contributed by atoms with van der Waals surface area (Å²) in [4.78, 5) is 11.3. The highest BCUT2D eigenvalue weighted by atomic mass is 32.1. The lowest BCUT2D eigenvalue weighted by Gasteiger charge is -2.02. The van der Waals surface area contributed by atoms with E-state index in [0.717, 1.165) is 0 Å². The second-order valence-corrected chi connectivity index (χ2v) is 3.01. The molecule has 0 atom stereocenters. The van der Waals surface area contributed by atoms with Gasteiger partial charge < -0.3 is 5.32 Å². The summed E-state index contributed by atoms with van der Waals surface area (Å²) in [6, 6.07) is 6.94. The molecular weight excluding hydrogens is 184 g/mol. The number of carbonyl (C=O) groups is 1. The topological polar surface area (TPSA) is 52.9 Å². The summed E-state index contributed by atoms with van der Waals surface area (Å²) in [5, 5.41) is 11.2. The molecule has 3 nitrogen and oxygen atoms in total. The summed E-state index contributed by atoms with van der Waals surface area (Å²) in [5.41, 5.74) is 1.07. The van der Waals surface area contributed by atoms with Gasteiger partial charge in [0.15, 0.2) is 0 Å². The van der Waals surface area contributed by atoms with E-state index in [1.165, 1.54) is 6.92 Å². The van der Waals surface area contributed by atoms with Crippen LogP contribution in [0.5, 0.6) is 0 Å². The van der Waals surface area contributed by atoms with Gasteiger partial charge >= 0.3 is 0 Å². The Morgan fingerprint density at radius 2 is 2.31 bits per heavy atom. The minimum atomic E-state index is -0.157. The highest BCUT2D eigenvalue weighted by Crippen LogP contribution is 2.17. The largest absolute Gasteiger partial charge is 0.326 e. The zero-order chi connectivity index (χ0) is 9.84. The first-order valence-corrected chi connectivity index (χ1v) is 4.09. The van der Waals surface area contributed by atoms with Gasteiger partial charge in [0.2, 0.25) is 5.91 Å². The molecule has 66 valence electrons. The maximum atomic E-state index is 10.7. The van der Waals surface area contributed by atoms with Crippen LogP contribution >= 0.6 is 12.6 Å². The molecule has 0 aliphatic rings. The lowest BCUT2D eigenvalue weighted by atomic mass is 10.2. The third-order valence-corrected chi connectivity index (χ3v) is 1.83. The molecule has 0 radical (unpaired) electrons. The van der Waals surface area contributed by atoms with E-state index in [2.05, 4.69) is 17.9 Å². The molecule has 4 heteroatoms. The minimum Gasteiger partial charge on any atom is -0.326 e. The molecule has 1 aromatic rings. The molecule has 0 saturated heterocycles. The first kappa shape index (κ1) is 9.62. The fourth-order valence-electron chi connectivity index (χ4n) is 0.907. The number of amides is 1. The van der Waals surface area contributed by atoms with Crippen LogP contribution in [-0.2, 0) is 4.79 Å². The Bertz CT molecular complexity index is 382. The van der Waals surface area contributed by atoms with Crippen molar-refractivity contribution < 1.29 is 4.79 Å². The van der Waals surface area contributed by atoms with Crippen molar-refractivity contribution in [2.45, 2.75) is 11.8 Å². The molecule has 1 rings (SSSR count). The smallest absolute Gasteiger partial charge is 0.221 e. The minimum absolute atomic E-state index is 0.157. The van der Waals surface area contributed by atoms with E-state index < -0.39 is 0 Å². The lowest BCUT2D eigenvalue weighted by Crippen LogP contribution is -2.05. The first-order chi connectivity index (χ1) is 6.13. The van der Waals surface area contributed by atoms with Crippen molar-refractivity contribution in [2.24, 2.45) is 0 Å². The van der Waals surface area contributed by atoms with E-state index in [1.54, 1.807) is 18.2 Å². The van der Waals surface area contributed by atoms with Crippen LogP contribution in [0.15, 0.2) is 23.1 Å². The number of hydrogen-bond acceptors (Lipinski definition) is 3. The van der Waals surface area contributed by atoms with E-state index in [9.17, 15) is 4.79 Å². The number of thiol groups is 1. The second kappa shape index (κ2) is 3.97. The SMILES string of the molecule is CC(=O)Nc1ccc(S)c(C#N)c1. The van der Waals surface area contributed by atoms with Crippen LogP contribution in [-0.4, -0.2) is 5.91 Å². The molecule has 0 saturated carbocycles. The molecule has 0 fully saturated rings. The normalized spacial score (nSPS) is 9.00. The van der Waals surface area contributed by atoms with Gasteiger partial charge in [-0.3, -0.25) is 4.79 Å². The van der Waals surface area contributed by atoms with Crippen molar-refractivity contribution >= 4 is 24.2 Å².